The lowest BCUT2D eigenvalue weighted by Gasteiger charge is -2.25. The van der Waals surface area contributed by atoms with Gasteiger partial charge in [0.05, 0.1) is 17.2 Å². The van der Waals surface area contributed by atoms with E-state index in [2.05, 4.69) is 5.32 Å². The van der Waals surface area contributed by atoms with Gasteiger partial charge in [-0.25, -0.2) is 0 Å². The Hall–Kier alpha value is -2.70. The quantitative estimate of drug-likeness (QED) is 0.775. The second-order valence-corrected chi connectivity index (χ2v) is 7.02. The molecule has 140 valence electrons. The van der Waals surface area contributed by atoms with Crippen molar-refractivity contribution < 1.29 is 14.4 Å². The minimum atomic E-state index is -0.440. The third kappa shape index (κ3) is 4.02. The number of hydrogen-bond donors (Lipinski definition) is 1. The molecule has 0 aliphatic carbocycles. The molecule has 0 radical (unpaired) electrons. The summed E-state index contributed by atoms with van der Waals surface area (Å²) in [5, 5.41) is 3.43. The zero-order valence-electron chi connectivity index (χ0n) is 15.1. The van der Waals surface area contributed by atoms with Crippen molar-refractivity contribution in [2.75, 3.05) is 27.2 Å². The number of imide groups is 1. The normalized spacial score (nSPS) is 14.4. The molecule has 6 nitrogen and oxygen atoms in total. The smallest absolute Gasteiger partial charge is 0.262 e. The van der Waals surface area contributed by atoms with Crippen molar-refractivity contribution in [1.29, 1.82) is 0 Å². The highest BCUT2D eigenvalue weighted by Gasteiger charge is 2.36. The van der Waals surface area contributed by atoms with Gasteiger partial charge in [-0.2, -0.15) is 0 Å². The zero-order valence-corrected chi connectivity index (χ0v) is 15.9. The van der Waals surface area contributed by atoms with Crippen molar-refractivity contribution in [3.63, 3.8) is 0 Å². The van der Waals surface area contributed by atoms with Crippen LogP contribution >= 0.6 is 11.6 Å². The molecule has 3 rings (SSSR count). The average molecular weight is 386 g/mol. The molecule has 0 fully saturated rings. The summed E-state index contributed by atoms with van der Waals surface area (Å²) in [7, 11) is 3.81. The van der Waals surface area contributed by atoms with Gasteiger partial charge in [0.25, 0.3) is 11.8 Å². The number of likely N-dealkylation sites (N-methyl/N-ethyl adjacent to an activating group) is 1. The Bertz CT molecular complexity index is 863. The number of nitrogens with one attached hydrogen (secondary N) is 1. The van der Waals surface area contributed by atoms with Gasteiger partial charge in [-0.3, -0.25) is 19.3 Å². The van der Waals surface area contributed by atoms with E-state index >= 15 is 0 Å². The topological polar surface area (TPSA) is 69.7 Å². The number of fused-ring (bicyclic) bond motifs is 1. The number of hydrogen-bond acceptors (Lipinski definition) is 4. The van der Waals surface area contributed by atoms with Crippen LogP contribution < -0.4 is 5.32 Å². The van der Waals surface area contributed by atoms with E-state index in [1.165, 1.54) is 0 Å². The van der Waals surface area contributed by atoms with Gasteiger partial charge in [0.2, 0.25) is 5.91 Å². The fraction of sp³-hybridized carbons (Fsp3) is 0.250. The molecule has 0 spiro atoms. The fourth-order valence-electron chi connectivity index (χ4n) is 3.11. The Kier molecular flexibility index (Phi) is 5.58. The van der Waals surface area contributed by atoms with Gasteiger partial charge < -0.3 is 10.2 Å². The molecule has 0 saturated heterocycles. The average Bonchev–Trinajstić information content (AvgIpc) is 2.87. The second kappa shape index (κ2) is 7.90. The maximum Gasteiger partial charge on any atom is 0.262 e. The summed E-state index contributed by atoms with van der Waals surface area (Å²) < 4.78 is 0. The van der Waals surface area contributed by atoms with Gasteiger partial charge in [-0.05, 0) is 43.9 Å². The Balaban J connectivity index is 1.64. The molecule has 1 aliphatic heterocycles. The molecule has 2 aromatic rings. The van der Waals surface area contributed by atoms with E-state index in [0.29, 0.717) is 22.7 Å². The Labute approximate surface area is 162 Å². The van der Waals surface area contributed by atoms with Crippen LogP contribution in [0, 0.1) is 0 Å². The van der Waals surface area contributed by atoms with Gasteiger partial charge in [-0.1, -0.05) is 35.9 Å². The van der Waals surface area contributed by atoms with E-state index in [0.717, 1.165) is 10.5 Å². The third-order valence-electron chi connectivity index (χ3n) is 4.53. The van der Waals surface area contributed by atoms with Crippen LogP contribution in [0.2, 0.25) is 5.02 Å². The van der Waals surface area contributed by atoms with Gasteiger partial charge in [0.15, 0.2) is 0 Å². The predicted molar refractivity (Wildman–Crippen MR) is 103 cm³/mol. The first kappa shape index (κ1) is 19.1. The lowest BCUT2D eigenvalue weighted by Crippen LogP contribution is -2.42. The number of carbonyl (C=O) groups excluding carboxylic acids is 3. The van der Waals surface area contributed by atoms with Crippen LogP contribution in [0.4, 0.5) is 0 Å². The molecule has 7 heteroatoms. The van der Waals surface area contributed by atoms with Crippen molar-refractivity contribution >= 4 is 29.3 Å². The van der Waals surface area contributed by atoms with E-state index < -0.39 is 17.7 Å². The molecular weight excluding hydrogens is 366 g/mol. The Morgan fingerprint density at radius 1 is 1.07 bits per heavy atom. The van der Waals surface area contributed by atoms with Crippen molar-refractivity contribution in [3.8, 4) is 0 Å². The molecule has 1 unspecified atom stereocenters. The number of carbonyl (C=O) groups is 3. The highest BCUT2D eigenvalue weighted by molar-refractivity contribution is 6.30. The molecule has 0 bridgehead atoms. The highest BCUT2D eigenvalue weighted by Crippen LogP contribution is 2.23. The van der Waals surface area contributed by atoms with Crippen LogP contribution in [-0.2, 0) is 4.79 Å². The lowest BCUT2D eigenvalue weighted by atomic mass is 10.1. The monoisotopic (exact) mass is 385 g/mol. The SMILES string of the molecule is CN(C)C(CNC(=O)CN1C(=O)c2ccccc2C1=O)c1cccc(Cl)c1. The molecule has 1 heterocycles. The maximum absolute atomic E-state index is 12.4. The minimum Gasteiger partial charge on any atom is -0.353 e. The number of amides is 3. The molecule has 0 aromatic heterocycles. The van der Waals surface area contributed by atoms with Gasteiger partial charge >= 0.3 is 0 Å². The highest BCUT2D eigenvalue weighted by atomic mass is 35.5. The minimum absolute atomic E-state index is 0.0881. The Morgan fingerprint density at radius 2 is 1.70 bits per heavy atom. The maximum atomic E-state index is 12.4. The zero-order chi connectivity index (χ0) is 19.6. The van der Waals surface area contributed by atoms with E-state index in [1.54, 1.807) is 30.3 Å². The molecule has 3 amide bonds. The van der Waals surface area contributed by atoms with Gasteiger partial charge in [0.1, 0.15) is 6.54 Å². The van der Waals surface area contributed by atoms with Crippen molar-refractivity contribution in [2.45, 2.75) is 6.04 Å². The molecule has 1 atom stereocenters. The summed E-state index contributed by atoms with van der Waals surface area (Å²) in [6.45, 7) is 0.0252. The van der Waals surface area contributed by atoms with Crippen molar-refractivity contribution in [1.82, 2.24) is 15.1 Å². The first-order valence-electron chi connectivity index (χ1n) is 8.52. The van der Waals surface area contributed by atoms with Gasteiger partial charge in [-0.15, -0.1) is 0 Å². The standard InChI is InChI=1S/C20H20ClN3O3/c1-23(2)17(13-6-5-7-14(21)10-13)11-22-18(25)12-24-19(26)15-8-3-4-9-16(15)20(24)27/h3-10,17H,11-12H2,1-2H3,(H,22,25). The predicted octanol–water partition coefficient (Wildman–Crippen LogP) is 2.36. The van der Waals surface area contributed by atoms with E-state index in [1.807, 2.05) is 37.2 Å². The van der Waals surface area contributed by atoms with E-state index in [-0.39, 0.29) is 12.6 Å². The van der Waals surface area contributed by atoms with Crippen LogP contribution in [0.25, 0.3) is 0 Å². The van der Waals surface area contributed by atoms with Crippen LogP contribution in [0.3, 0.4) is 0 Å². The molecule has 1 N–H and O–H groups in total. The number of nitrogens with zero attached hydrogens (tertiary/aromatic N) is 2. The summed E-state index contributed by atoms with van der Waals surface area (Å²) in [6.07, 6.45) is 0. The second-order valence-electron chi connectivity index (χ2n) is 6.58. The molecule has 0 saturated carbocycles. The third-order valence-corrected chi connectivity index (χ3v) is 4.76. The van der Waals surface area contributed by atoms with Crippen molar-refractivity contribution in [3.05, 3.63) is 70.2 Å². The first-order chi connectivity index (χ1) is 12.9. The number of benzene rings is 2. The molecular formula is C20H20ClN3O3. The number of rotatable bonds is 6. The summed E-state index contributed by atoms with van der Waals surface area (Å²) in [5.41, 5.74) is 1.63. The summed E-state index contributed by atoms with van der Waals surface area (Å²) >= 11 is 6.06. The van der Waals surface area contributed by atoms with Crippen LogP contribution in [0.15, 0.2) is 48.5 Å². The Morgan fingerprint density at radius 3 is 2.26 bits per heavy atom. The summed E-state index contributed by atoms with van der Waals surface area (Å²) in [4.78, 5) is 40.0. The van der Waals surface area contributed by atoms with Crippen molar-refractivity contribution in [2.24, 2.45) is 0 Å². The molecule has 27 heavy (non-hydrogen) atoms. The van der Waals surface area contributed by atoms with E-state index in [9.17, 15) is 14.4 Å². The molecule has 2 aromatic carbocycles. The molecule has 1 aliphatic rings. The first-order valence-corrected chi connectivity index (χ1v) is 8.90. The number of halogens is 1. The summed E-state index contributed by atoms with van der Waals surface area (Å²) in [5.74, 6) is -1.27. The summed E-state index contributed by atoms with van der Waals surface area (Å²) in [6, 6.07) is 13.9. The largest absolute Gasteiger partial charge is 0.353 e. The van der Waals surface area contributed by atoms with Crippen LogP contribution in [-0.4, -0.2) is 54.7 Å². The fourth-order valence-corrected chi connectivity index (χ4v) is 3.30. The van der Waals surface area contributed by atoms with Crippen LogP contribution in [0.5, 0.6) is 0 Å². The lowest BCUT2D eigenvalue weighted by molar-refractivity contribution is -0.121. The van der Waals surface area contributed by atoms with Crippen LogP contribution in [0.1, 0.15) is 32.3 Å². The van der Waals surface area contributed by atoms with Gasteiger partial charge in [0, 0.05) is 11.6 Å². The van der Waals surface area contributed by atoms with E-state index in [4.69, 9.17) is 11.6 Å².